The van der Waals surface area contributed by atoms with Crippen LogP contribution in [0.4, 0.5) is 0 Å². The molecule has 1 nitrogen and oxygen atoms in total. The maximum Gasteiger partial charge on any atom is 0.0319 e. The van der Waals surface area contributed by atoms with Crippen LogP contribution >= 0.6 is 0 Å². The molecule has 2 aromatic rings. The highest BCUT2D eigenvalue weighted by atomic mass is 14.9. The Labute approximate surface area is 123 Å². The second-order valence-corrected chi connectivity index (χ2v) is 5.87. The molecule has 0 bridgehead atoms. The number of benzene rings is 2. The van der Waals surface area contributed by atoms with Gasteiger partial charge < -0.3 is 5.32 Å². The smallest absolute Gasteiger partial charge is 0.0319 e. The van der Waals surface area contributed by atoms with Crippen molar-refractivity contribution in [2.75, 3.05) is 7.05 Å². The van der Waals surface area contributed by atoms with Gasteiger partial charge in [0.15, 0.2) is 0 Å². The standard InChI is InChI=1S/C19H25N/c1-15(2)13-19(20-3)18-11-9-17(10-12-18)14-16-7-5-4-6-8-16/h4-12,15,19-20H,13-14H2,1-3H3. The highest BCUT2D eigenvalue weighted by molar-refractivity contribution is 5.30. The third kappa shape index (κ3) is 4.21. The predicted octanol–water partition coefficient (Wildman–Crippen LogP) is 4.58. The predicted molar refractivity (Wildman–Crippen MR) is 86.9 cm³/mol. The minimum atomic E-state index is 0.459. The molecule has 20 heavy (non-hydrogen) atoms. The van der Waals surface area contributed by atoms with Crippen molar-refractivity contribution in [1.29, 1.82) is 0 Å². The molecular formula is C19H25N. The summed E-state index contributed by atoms with van der Waals surface area (Å²) in [5.74, 6) is 0.705. The fourth-order valence-corrected chi connectivity index (χ4v) is 2.59. The van der Waals surface area contributed by atoms with Gasteiger partial charge in [0, 0.05) is 6.04 Å². The zero-order valence-corrected chi connectivity index (χ0v) is 12.8. The van der Waals surface area contributed by atoms with Crippen LogP contribution in [0.15, 0.2) is 54.6 Å². The van der Waals surface area contributed by atoms with Crippen molar-refractivity contribution in [2.45, 2.75) is 32.7 Å². The van der Waals surface area contributed by atoms with E-state index in [1.807, 2.05) is 7.05 Å². The first kappa shape index (κ1) is 14.8. The van der Waals surface area contributed by atoms with Gasteiger partial charge >= 0.3 is 0 Å². The minimum Gasteiger partial charge on any atom is -0.313 e. The normalized spacial score (nSPS) is 12.6. The van der Waals surface area contributed by atoms with Crippen LogP contribution in [0, 0.1) is 5.92 Å². The number of hydrogen-bond donors (Lipinski definition) is 1. The molecule has 0 aromatic heterocycles. The lowest BCUT2D eigenvalue weighted by atomic mass is 9.95. The second kappa shape index (κ2) is 7.25. The fourth-order valence-electron chi connectivity index (χ4n) is 2.59. The van der Waals surface area contributed by atoms with Crippen LogP contribution in [0.25, 0.3) is 0 Å². The topological polar surface area (TPSA) is 12.0 Å². The molecule has 1 atom stereocenters. The summed E-state index contributed by atoms with van der Waals surface area (Å²) in [5.41, 5.74) is 4.13. The molecule has 106 valence electrons. The van der Waals surface area contributed by atoms with Crippen molar-refractivity contribution in [3.05, 3.63) is 71.3 Å². The molecule has 0 aliphatic rings. The Bertz CT molecular complexity index is 499. The molecule has 0 saturated carbocycles. The summed E-state index contributed by atoms with van der Waals surface area (Å²) < 4.78 is 0. The van der Waals surface area contributed by atoms with Gasteiger partial charge in [0.25, 0.3) is 0 Å². The van der Waals surface area contributed by atoms with E-state index < -0.39 is 0 Å². The highest BCUT2D eigenvalue weighted by Gasteiger charge is 2.10. The summed E-state index contributed by atoms with van der Waals surface area (Å²) in [6, 6.07) is 20.1. The van der Waals surface area contributed by atoms with Gasteiger partial charge in [0.1, 0.15) is 0 Å². The van der Waals surface area contributed by atoms with Gasteiger partial charge in [-0.15, -0.1) is 0 Å². The van der Waals surface area contributed by atoms with E-state index in [4.69, 9.17) is 0 Å². The highest BCUT2D eigenvalue weighted by Crippen LogP contribution is 2.21. The zero-order valence-electron chi connectivity index (χ0n) is 12.8. The first-order valence-corrected chi connectivity index (χ1v) is 7.49. The molecular weight excluding hydrogens is 242 g/mol. The van der Waals surface area contributed by atoms with E-state index in [1.165, 1.54) is 23.1 Å². The molecule has 0 spiro atoms. The van der Waals surface area contributed by atoms with Crippen molar-refractivity contribution in [2.24, 2.45) is 5.92 Å². The Balaban J connectivity index is 2.05. The van der Waals surface area contributed by atoms with Gasteiger partial charge in [0.2, 0.25) is 0 Å². The van der Waals surface area contributed by atoms with Crippen LogP contribution in [0.5, 0.6) is 0 Å². The van der Waals surface area contributed by atoms with Crippen LogP contribution < -0.4 is 5.32 Å². The third-order valence-electron chi connectivity index (χ3n) is 3.69. The van der Waals surface area contributed by atoms with E-state index in [-0.39, 0.29) is 0 Å². The molecule has 1 heteroatoms. The first-order valence-electron chi connectivity index (χ1n) is 7.49. The van der Waals surface area contributed by atoms with Crippen LogP contribution in [0.3, 0.4) is 0 Å². The van der Waals surface area contributed by atoms with Gasteiger partial charge in [-0.3, -0.25) is 0 Å². The number of nitrogens with one attached hydrogen (secondary N) is 1. The average Bonchev–Trinajstić information content (AvgIpc) is 2.46. The summed E-state index contributed by atoms with van der Waals surface area (Å²) in [5, 5.41) is 3.42. The Morgan fingerprint density at radius 2 is 1.45 bits per heavy atom. The number of hydrogen-bond acceptors (Lipinski definition) is 1. The van der Waals surface area contributed by atoms with E-state index in [1.54, 1.807) is 0 Å². The van der Waals surface area contributed by atoms with Crippen molar-refractivity contribution in [3.8, 4) is 0 Å². The lowest BCUT2D eigenvalue weighted by Crippen LogP contribution is -2.18. The van der Waals surface area contributed by atoms with Crippen molar-refractivity contribution < 1.29 is 0 Å². The second-order valence-electron chi connectivity index (χ2n) is 5.87. The van der Waals surface area contributed by atoms with Crippen molar-refractivity contribution >= 4 is 0 Å². The Morgan fingerprint density at radius 3 is 2.00 bits per heavy atom. The molecule has 0 heterocycles. The molecule has 1 unspecified atom stereocenters. The SMILES string of the molecule is CNC(CC(C)C)c1ccc(Cc2ccccc2)cc1. The summed E-state index contributed by atoms with van der Waals surface area (Å²) in [6.45, 7) is 4.54. The number of rotatable bonds is 6. The third-order valence-corrected chi connectivity index (χ3v) is 3.69. The molecule has 0 radical (unpaired) electrons. The van der Waals surface area contributed by atoms with Crippen molar-refractivity contribution in [1.82, 2.24) is 5.32 Å². The van der Waals surface area contributed by atoms with Crippen LogP contribution in [-0.2, 0) is 6.42 Å². The first-order chi connectivity index (χ1) is 9.69. The van der Waals surface area contributed by atoms with E-state index in [9.17, 15) is 0 Å². The van der Waals surface area contributed by atoms with E-state index >= 15 is 0 Å². The van der Waals surface area contributed by atoms with E-state index in [0.29, 0.717) is 12.0 Å². The quantitative estimate of drug-likeness (QED) is 0.807. The van der Waals surface area contributed by atoms with Gasteiger partial charge in [-0.25, -0.2) is 0 Å². The van der Waals surface area contributed by atoms with Crippen LogP contribution in [0.1, 0.15) is 43.0 Å². The van der Waals surface area contributed by atoms with Crippen LogP contribution in [-0.4, -0.2) is 7.05 Å². The molecule has 2 rings (SSSR count). The molecule has 2 aromatic carbocycles. The average molecular weight is 267 g/mol. The Morgan fingerprint density at radius 1 is 0.850 bits per heavy atom. The molecule has 0 aliphatic heterocycles. The lowest BCUT2D eigenvalue weighted by Gasteiger charge is -2.19. The van der Waals surface area contributed by atoms with E-state index in [0.717, 1.165) is 6.42 Å². The monoisotopic (exact) mass is 267 g/mol. The maximum atomic E-state index is 3.42. The molecule has 0 fully saturated rings. The van der Waals surface area contributed by atoms with Gasteiger partial charge in [0.05, 0.1) is 0 Å². The zero-order chi connectivity index (χ0) is 14.4. The van der Waals surface area contributed by atoms with Gasteiger partial charge in [-0.1, -0.05) is 68.4 Å². The molecule has 0 amide bonds. The summed E-state index contributed by atoms with van der Waals surface area (Å²) in [4.78, 5) is 0. The lowest BCUT2D eigenvalue weighted by molar-refractivity contribution is 0.456. The summed E-state index contributed by atoms with van der Waals surface area (Å²) in [7, 11) is 2.05. The minimum absolute atomic E-state index is 0.459. The van der Waals surface area contributed by atoms with Crippen molar-refractivity contribution in [3.63, 3.8) is 0 Å². The summed E-state index contributed by atoms with van der Waals surface area (Å²) >= 11 is 0. The largest absolute Gasteiger partial charge is 0.313 e. The Kier molecular flexibility index (Phi) is 5.37. The van der Waals surface area contributed by atoms with E-state index in [2.05, 4.69) is 73.8 Å². The van der Waals surface area contributed by atoms with Gasteiger partial charge in [-0.2, -0.15) is 0 Å². The maximum absolute atomic E-state index is 3.42. The summed E-state index contributed by atoms with van der Waals surface area (Å²) in [6.07, 6.45) is 2.18. The van der Waals surface area contributed by atoms with Gasteiger partial charge in [-0.05, 0) is 42.5 Å². The molecule has 0 aliphatic carbocycles. The molecule has 0 saturated heterocycles. The Hall–Kier alpha value is -1.60. The fraction of sp³-hybridized carbons (Fsp3) is 0.368. The van der Waals surface area contributed by atoms with Crippen LogP contribution in [0.2, 0.25) is 0 Å². The molecule has 1 N–H and O–H groups in total.